The van der Waals surface area contributed by atoms with Gasteiger partial charge in [-0.15, -0.1) is 0 Å². The van der Waals surface area contributed by atoms with E-state index in [9.17, 15) is 9.18 Å². The normalized spacial score (nSPS) is 37.6. The summed E-state index contributed by atoms with van der Waals surface area (Å²) in [6.45, 7) is 2.13. The van der Waals surface area contributed by atoms with Gasteiger partial charge in [0, 0.05) is 18.3 Å². The zero-order valence-electron chi connectivity index (χ0n) is 12.0. The van der Waals surface area contributed by atoms with Crippen molar-refractivity contribution in [3.63, 3.8) is 0 Å². The summed E-state index contributed by atoms with van der Waals surface area (Å²) in [6.07, 6.45) is -0.704. The van der Waals surface area contributed by atoms with Crippen LogP contribution in [-0.2, 0) is 20.9 Å². The lowest BCUT2D eigenvalue weighted by atomic mass is 9.81. The summed E-state index contributed by atoms with van der Waals surface area (Å²) in [5, 5.41) is 0. The molecule has 3 nitrogen and oxygen atoms in total. The van der Waals surface area contributed by atoms with E-state index in [1.165, 1.54) is 0 Å². The minimum atomic E-state index is -0.995. The highest BCUT2D eigenvalue weighted by molar-refractivity contribution is 6.11. The Morgan fingerprint density at radius 3 is 2.81 bits per heavy atom. The zero-order valence-corrected chi connectivity index (χ0v) is 12.0. The van der Waals surface area contributed by atoms with E-state index in [1.807, 2.05) is 37.3 Å². The molecule has 3 rings (SSSR count). The third-order valence-corrected chi connectivity index (χ3v) is 4.80. The quantitative estimate of drug-likeness (QED) is 0.630. The molecule has 1 unspecified atom stereocenters. The maximum Gasteiger partial charge on any atom is 0.309 e. The van der Waals surface area contributed by atoms with E-state index in [-0.39, 0.29) is 37.3 Å². The molecule has 5 atom stereocenters. The van der Waals surface area contributed by atoms with Gasteiger partial charge in [0.1, 0.15) is 20.6 Å². The number of alkyl halides is 1. The van der Waals surface area contributed by atoms with Crippen molar-refractivity contribution >= 4 is 13.8 Å². The van der Waals surface area contributed by atoms with Crippen LogP contribution in [0, 0.1) is 11.8 Å². The molecule has 5 heteroatoms. The third kappa shape index (κ3) is 2.59. The monoisotopic (exact) mass is 288 g/mol. The van der Waals surface area contributed by atoms with Crippen molar-refractivity contribution in [2.24, 2.45) is 11.8 Å². The van der Waals surface area contributed by atoms with E-state index < -0.39 is 17.8 Å². The largest absolute Gasteiger partial charge is 0.461 e. The fourth-order valence-electron chi connectivity index (χ4n) is 3.62. The van der Waals surface area contributed by atoms with Crippen LogP contribution in [0.15, 0.2) is 30.3 Å². The number of esters is 1. The van der Waals surface area contributed by atoms with Gasteiger partial charge < -0.3 is 9.47 Å². The minimum Gasteiger partial charge on any atom is -0.461 e. The van der Waals surface area contributed by atoms with Crippen LogP contribution in [0.2, 0.25) is 0 Å². The van der Waals surface area contributed by atoms with Crippen LogP contribution >= 0.6 is 0 Å². The Morgan fingerprint density at radius 1 is 1.48 bits per heavy atom. The summed E-state index contributed by atoms with van der Waals surface area (Å²) in [4.78, 5) is 12.0. The Balaban J connectivity index is 1.60. The van der Waals surface area contributed by atoms with Gasteiger partial charge in [-0.2, -0.15) is 0 Å². The van der Waals surface area contributed by atoms with Crippen molar-refractivity contribution in [3.05, 3.63) is 35.9 Å². The molecule has 2 radical (unpaired) electrons. The number of hydrogen-bond acceptors (Lipinski definition) is 3. The maximum atomic E-state index is 14.0. The Kier molecular flexibility index (Phi) is 3.78. The van der Waals surface area contributed by atoms with E-state index in [2.05, 4.69) is 0 Å². The summed E-state index contributed by atoms with van der Waals surface area (Å²) in [5.74, 6) is -0.744. The smallest absolute Gasteiger partial charge is 0.309 e. The molecule has 0 aromatic heterocycles. The summed E-state index contributed by atoms with van der Waals surface area (Å²) in [7, 11) is 5.81. The summed E-state index contributed by atoms with van der Waals surface area (Å²) >= 11 is 0. The van der Waals surface area contributed by atoms with Crippen molar-refractivity contribution in [1.29, 1.82) is 0 Å². The van der Waals surface area contributed by atoms with E-state index in [4.69, 9.17) is 17.3 Å². The van der Waals surface area contributed by atoms with Crippen LogP contribution in [-0.4, -0.2) is 31.6 Å². The Labute approximate surface area is 125 Å². The van der Waals surface area contributed by atoms with Gasteiger partial charge in [0.2, 0.25) is 0 Å². The van der Waals surface area contributed by atoms with E-state index >= 15 is 0 Å². The van der Waals surface area contributed by atoms with Crippen LogP contribution in [0.3, 0.4) is 0 Å². The Bertz CT molecular complexity index is 510. The molecule has 1 aromatic carbocycles. The summed E-state index contributed by atoms with van der Waals surface area (Å²) < 4.78 is 24.9. The molecule has 1 aromatic rings. The molecule has 21 heavy (non-hydrogen) atoms. The molecule has 110 valence electrons. The standard InChI is InChI=1S/C16H18BFO3/c1-10-14-12(18)7-16(10,21-15(14)17)8-13(19)20-9-11-5-3-2-4-6-11/h2-6,10,12,14-15H,7-9H2,1H3/t10?,12-,14-,15-,16-/m1/s1. The van der Waals surface area contributed by atoms with Crippen LogP contribution in [0.4, 0.5) is 4.39 Å². The molecule has 1 aliphatic carbocycles. The predicted octanol–water partition coefficient (Wildman–Crippen LogP) is 2.38. The molecule has 2 aliphatic rings. The van der Waals surface area contributed by atoms with Gasteiger partial charge in [0.25, 0.3) is 0 Å². The van der Waals surface area contributed by atoms with E-state index in [1.54, 1.807) is 0 Å². The highest BCUT2D eigenvalue weighted by Crippen LogP contribution is 2.54. The second-order valence-electron chi connectivity index (χ2n) is 6.06. The molecule has 1 saturated heterocycles. The van der Waals surface area contributed by atoms with Crippen LogP contribution in [0.25, 0.3) is 0 Å². The molecule has 1 aliphatic heterocycles. The molecular weight excluding hydrogens is 270 g/mol. The van der Waals surface area contributed by atoms with Gasteiger partial charge in [0.15, 0.2) is 0 Å². The topological polar surface area (TPSA) is 35.5 Å². The first-order chi connectivity index (χ1) is 10.0. The van der Waals surface area contributed by atoms with Crippen molar-refractivity contribution in [3.8, 4) is 0 Å². The van der Waals surface area contributed by atoms with E-state index in [0.29, 0.717) is 0 Å². The average Bonchev–Trinajstić information content (AvgIpc) is 2.82. The number of hydrogen-bond donors (Lipinski definition) is 0. The molecule has 1 heterocycles. The molecule has 0 spiro atoms. The van der Waals surface area contributed by atoms with E-state index in [0.717, 1.165) is 5.56 Å². The highest BCUT2D eigenvalue weighted by Gasteiger charge is 2.61. The molecule has 0 N–H and O–H groups in total. The minimum absolute atomic E-state index is 0.0611. The van der Waals surface area contributed by atoms with Crippen LogP contribution < -0.4 is 0 Å². The number of fused-ring (bicyclic) bond motifs is 2. The average molecular weight is 288 g/mol. The summed E-state index contributed by atoms with van der Waals surface area (Å²) in [5.41, 5.74) is 0.130. The second kappa shape index (κ2) is 5.45. The summed E-state index contributed by atoms with van der Waals surface area (Å²) in [6, 6.07) is 8.83. The van der Waals surface area contributed by atoms with Crippen molar-refractivity contribution in [1.82, 2.24) is 0 Å². The fraction of sp³-hybridized carbons (Fsp3) is 0.562. The third-order valence-electron chi connectivity index (χ3n) is 4.80. The van der Waals surface area contributed by atoms with Crippen LogP contribution in [0.5, 0.6) is 0 Å². The SMILES string of the molecule is [B][C@@H]1O[C@@]2(CC(=O)OCc3ccccc3)C[C@@H](F)[C@H]1C2C. The van der Waals surface area contributed by atoms with Gasteiger partial charge in [-0.3, -0.25) is 4.79 Å². The van der Waals surface area contributed by atoms with Gasteiger partial charge >= 0.3 is 5.97 Å². The molecule has 2 bridgehead atoms. The number of rotatable bonds is 4. The number of halogens is 1. The highest BCUT2D eigenvalue weighted by atomic mass is 19.1. The number of carbonyl (C=O) groups is 1. The second-order valence-corrected chi connectivity index (χ2v) is 6.06. The first-order valence-electron chi connectivity index (χ1n) is 7.29. The Morgan fingerprint density at radius 2 is 2.19 bits per heavy atom. The maximum absolute atomic E-state index is 14.0. The fourth-order valence-corrected chi connectivity index (χ4v) is 3.62. The Hall–Kier alpha value is -1.36. The van der Waals surface area contributed by atoms with Gasteiger partial charge in [-0.25, -0.2) is 4.39 Å². The lowest BCUT2D eigenvalue weighted by Crippen LogP contribution is -2.39. The first kappa shape index (κ1) is 14.6. The molecule has 2 fully saturated rings. The number of carbonyl (C=O) groups excluding carboxylic acids is 1. The molecular formula is C16H18BFO3. The van der Waals surface area contributed by atoms with Crippen molar-refractivity contribution in [2.45, 2.75) is 44.1 Å². The van der Waals surface area contributed by atoms with Gasteiger partial charge in [-0.05, 0) is 11.5 Å². The van der Waals surface area contributed by atoms with Gasteiger partial charge in [0.05, 0.1) is 12.0 Å². The first-order valence-corrected chi connectivity index (χ1v) is 7.29. The van der Waals surface area contributed by atoms with Crippen molar-refractivity contribution < 1.29 is 18.7 Å². The predicted molar refractivity (Wildman–Crippen MR) is 76.4 cm³/mol. The lowest BCUT2D eigenvalue weighted by Gasteiger charge is -2.31. The van der Waals surface area contributed by atoms with Gasteiger partial charge in [-0.1, -0.05) is 37.3 Å². The number of ether oxygens (including phenoxy) is 2. The molecule has 1 saturated carbocycles. The van der Waals surface area contributed by atoms with Crippen molar-refractivity contribution in [2.75, 3.05) is 0 Å². The molecule has 0 amide bonds. The zero-order chi connectivity index (χ0) is 15.0. The number of benzene rings is 1. The van der Waals surface area contributed by atoms with Crippen LogP contribution in [0.1, 0.15) is 25.3 Å². The lowest BCUT2D eigenvalue weighted by molar-refractivity contribution is -0.154.